The van der Waals surface area contributed by atoms with Crippen molar-refractivity contribution in [2.24, 2.45) is 11.1 Å². The van der Waals surface area contributed by atoms with Crippen molar-refractivity contribution in [1.82, 2.24) is 9.80 Å². The Morgan fingerprint density at radius 1 is 1.43 bits per heavy atom. The zero-order chi connectivity index (χ0) is 15.5. The Labute approximate surface area is 127 Å². The molecule has 2 aliphatic rings. The van der Waals surface area contributed by atoms with Crippen molar-refractivity contribution >= 4 is 5.91 Å². The van der Waals surface area contributed by atoms with E-state index in [1.165, 1.54) is 0 Å². The summed E-state index contributed by atoms with van der Waals surface area (Å²) in [6.07, 6.45) is 1.12. The first-order valence-electron chi connectivity index (χ1n) is 7.98. The first-order valence-corrected chi connectivity index (χ1v) is 7.98. The number of ether oxygens (including phenoxy) is 1. The lowest BCUT2D eigenvalue weighted by molar-refractivity contribution is -0.150. The van der Waals surface area contributed by atoms with Gasteiger partial charge in [-0.3, -0.25) is 9.69 Å². The summed E-state index contributed by atoms with van der Waals surface area (Å²) in [6.45, 7) is 8.48. The molecule has 0 radical (unpaired) electrons. The normalized spacial score (nSPS) is 28.4. The van der Waals surface area contributed by atoms with Gasteiger partial charge in [0.05, 0.1) is 11.5 Å². The molecule has 2 atom stereocenters. The van der Waals surface area contributed by atoms with Crippen molar-refractivity contribution < 1.29 is 14.6 Å². The highest BCUT2D eigenvalue weighted by atomic mass is 16.5. The molecule has 2 unspecified atom stereocenters. The molecule has 2 saturated heterocycles. The fourth-order valence-corrected chi connectivity index (χ4v) is 3.39. The van der Waals surface area contributed by atoms with Crippen LogP contribution in [0.25, 0.3) is 0 Å². The highest BCUT2D eigenvalue weighted by Crippen LogP contribution is 2.32. The van der Waals surface area contributed by atoms with E-state index < -0.39 is 5.41 Å². The molecule has 2 rings (SSSR count). The van der Waals surface area contributed by atoms with Gasteiger partial charge in [0.2, 0.25) is 5.91 Å². The number of β-amino-alcohol motifs (C(OH)–C–C–N with tert-alkyl or cyclic N) is 1. The van der Waals surface area contributed by atoms with Crippen LogP contribution in [0.4, 0.5) is 0 Å². The van der Waals surface area contributed by atoms with Gasteiger partial charge in [-0.05, 0) is 26.7 Å². The number of amides is 1. The van der Waals surface area contributed by atoms with E-state index in [-0.39, 0.29) is 18.1 Å². The topological polar surface area (TPSA) is 79.0 Å². The van der Waals surface area contributed by atoms with Gasteiger partial charge in [0, 0.05) is 52.0 Å². The second kappa shape index (κ2) is 7.05. The number of piperazine rings is 1. The van der Waals surface area contributed by atoms with E-state index in [0.29, 0.717) is 32.8 Å². The van der Waals surface area contributed by atoms with Gasteiger partial charge in [0.1, 0.15) is 0 Å². The highest BCUT2D eigenvalue weighted by molar-refractivity contribution is 5.83. The van der Waals surface area contributed by atoms with Gasteiger partial charge in [0.15, 0.2) is 0 Å². The van der Waals surface area contributed by atoms with Crippen LogP contribution < -0.4 is 5.73 Å². The van der Waals surface area contributed by atoms with Gasteiger partial charge in [-0.1, -0.05) is 0 Å². The zero-order valence-corrected chi connectivity index (χ0v) is 13.3. The molecule has 0 aromatic heterocycles. The fourth-order valence-electron chi connectivity index (χ4n) is 3.39. The molecule has 1 amide bonds. The number of carbonyl (C=O) groups excluding carboxylic acids is 1. The lowest BCUT2D eigenvalue weighted by Crippen LogP contribution is -2.59. The van der Waals surface area contributed by atoms with Crippen LogP contribution in [0.2, 0.25) is 0 Å². The van der Waals surface area contributed by atoms with E-state index in [1.54, 1.807) is 6.92 Å². The van der Waals surface area contributed by atoms with Crippen LogP contribution in [0, 0.1) is 5.41 Å². The molecule has 0 saturated carbocycles. The van der Waals surface area contributed by atoms with Gasteiger partial charge < -0.3 is 20.5 Å². The minimum Gasteiger partial charge on any atom is -0.392 e. The Morgan fingerprint density at radius 3 is 2.62 bits per heavy atom. The molecule has 0 spiro atoms. The SMILES string of the molecule is CC(O)CN1CCN(C(=O)C2(CN)CCOCC2)CC1C. The summed E-state index contributed by atoms with van der Waals surface area (Å²) >= 11 is 0. The molecular weight excluding hydrogens is 270 g/mol. The Kier molecular flexibility index (Phi) is 5.60. The predicted octanol–water partition coefficient (Wildman–Crippen LogP) is -0.345. The first-order chi connectivity index (χ1) is 9.98. The van der Waals surface area contributed by atoms with Gasteiger partial charge >= 0.3 is 0 Å². The molecule has 2 aliphatic heterocycles. The minimum atomic E-state index is -0.426. The summed E-state index contributed by atoms with van der Waals surface area (Å²) in [5.41, 5.74) is 5.50. The maximum absolute atomic E-state index is 12.9. The minimum absolute atomic E-state index is 0.192. The maximum atomic E-state index is 12.9. The van der Waals surface area contributed by atoms with Crippen molar-refractivity contribution in [1.29, 1.82) is 0 Å². The van der Waals surface area contributed by atoms with Crippen molar-refractivity contribution in [2.45, 2.75) is 38.8 Å². The quantitative estimate of drug-likeness (QED) is 0.742. The summed E-state index contributed by atoms with van der Waals surface area (Å²) < 4.78 is 5.38. The average Bonchev–Trinajstić information content (AvgIpc) is 2.49. The molecule has 6 nitrogen and oxygen atoms in total. The lowest BCUT2D eigenvalue weighted by Gasteiger charge is -2.45. The van der Waals surface area contributed by atoms with Crippen LogP contribution in [0.15, 0.2) is 0 Å². The summed E-state index contributed by atoms with van der Waals surface area (Å²) in [7, 11) is 0. The van der Waals surface area contributed by atoms with E-state index in [4.69, 9.17) is 10.5 Å². The van der Waals surface area contributed by atoms with Crippen molar-refractivity contribution in [3.63, 3.8) is 0 Å². The summed E-state index contributed by atoms with van der Waals surface area (Å²) in [4.78, 5) is 17.1. The van der Waals surface area contributed by atoms with E-state index in [9.17, 15) is 9.90 Å². The average molecular weight is 299 g/mol. The van der Waals surface area contributed by atoms with Crippen LogP contribution in [0.5, 0.6) is 0 Å². The molecule has 0 aliphatic carbocycles. The molecule has 2 heterocycles. The van der Waals surface area contributed by atoms with Crippen molar-refractivity contribution in [2.75, 3.05) is 45.9 Å². The second-order valence-electron chi connectivity index (χ2n) is 6.54. The molecule has 0 bridgehead atoms. The fraction of sp³-hybridized carbons (Fsp3) is 0.933. The third-order valence-corrected chi connectivity index (χ3v) is 4.85. The Bertz CT molecular complexity index is 356. The number of rotatable bonds is 4. The number of carbonyl (C=O) groups is 1. The number of aliphatic hydroxyl groups excluding tert-OH is 1. The highest BCUT2D eigenvalue weighted by Gasteiger charge is 2.42. The molecule has 0 aromatic rings. The summed E-state index contributed by atoms with van der Waals surface area (Å²) in [5, 5.41) is 9.53. The molecule has 122 valence electrons. The van der Waals surface area contributed by atoms with E-state index in [2.05, 4.69) is 11.8 Å². The molecular formula is C15H29N3O3. The van der Waals surface area contributed by atoms with E-state index >= 15 is 0 Å². The van der Waals surface area contributed by atoms with Gasteiger partial charge in [0.25, 0.3) is 0 Å². The molecule has 6 heteroatoms. The molecule has 0 aromatic carbocycles. The monoisotopic (exact) mass is 299 g/mol. The lowest BCUT2D eigenvalue weighted by atomic mass is 9.78. The van der Waals surface area contributed by atoms with E-state index in [0.717, 1.165) is 25.9 Å². The van der Waals surface area contributed by atoms with Crippen LogP contribution in [0.3, 0.4) is 0 Å². The van der Waals surface area contributed by atoms with E-state index in [1.807, 2.05) is 4.90 Å². The van der Waals surface area contributed by atoms with Crippen LogP contribution in [-0.2, 0) is 9.53 Å². The van der Waals surface area contributed by atoms with Crippen LogP contribution >= 0.6 is 0 Å². The van der Waals surface area contributed by atoms with Gasteiger partial charge in [-0.2, -0.15) is 0 Å². The standard InChI is InChI=1S/C15H29N3O3/c1-12-9-18(6-5-17(12)10-13(2)19)14(20)15(11-16)3-7-21-8-4-15/h12-13,19H,3-11,16H2,1-2H3. The third kappa shape index (κ3) is 3.74. The van der Waals surface area contributed by atoms with Crippen LogP contribution in [0.1, 0.15) is 26.7 Å². The molecule has 3 N–H and O–H groups in total. The predicted molar refractivity (Wildman–Crippen MR) is 80.8 cm³/mol. The number of aliphatic hydroxyl groups is 1. The third-order valence-electron chi connectivity index (χ3n) is 4.85. The van der Waals surface area contributed by atoms with Crippen molar-refractivity contribution in [3.05, 3.63) is 0 Å². The van der Waals surface area contributed by atoms with Crippen LogP contribution in [-0.4, -0.2) is 78.9 Å². The summed E-state index contributed by atoms with van der Waals surface area (Å²) in [5.74, 6) is 0.192. The Morgan fingerprint density at radius 2 is 2.10 bits per heavy atom. The molecule has 21 heavy (non-hydrogen) atoms. The van der Waals surface area contributed by atoms with Gasteiger partial charge in [-0.25, -0.2) is 0 Å². The number of hydrogen-bond donors (Lipinski definition) is 2. The van der Waals surface area contributed by atoms with Crippen molar-refractivity contribution in [3.8, 4) is 0 Å². The van der Waals surface area contributed by atoms with Gasteiger partial charge in [-0.15, -0.1) is 0 Å². The number of nitrogens with zero attached hydrogens (tertiary/aromatic N) is 2. The number of hydrogen-bond acceptors (Lipinski definition) is 5. The smallest absolute Gasteiger partial charge is 0.230 e. The Balaban J connectivity index is 1.98. The second-order valence-corrected chi connectivity index (χ2v) is 6.54. The molecule has 2 fully saturated rings. The largest absolute Gasteiger partial charge is 0.392 e. The number of nitrogens with two attached hydrogens (primary N) is 1. The Hall–Kier alpha value is -0.690. The first kappa shape index (κ1) is 16.7. The maximum Gasteiger partial charge on any atom is 0.230 e. The summed E-state index contributed by atoms with van der Waals surface area (Å²) in [6, 6.07) is 0.270. The zero-order valence-electron chi connectivity index (χ0n) is 13.3.